The van der Waals surface area contributed by atoms with Gasteiger partial charge in [-0.3, -0.25) is 4.90 Å². The maximum atomic E-state index is 9.85. The molecule has 0 aromatic heterocycles. The average molecular weight is 235 g/mol. The van der Waals surface area contributed by atoms with Crippen molar-refractivity contribution in [3.63, 3.8) is 0 Å². The van der Waals surface area contributed by atoms with Crippen LogP contribution in [0, 0.1) is 23.2 Å². The third-order valence-corrected chi connectivity index (χ3v) is 5.85. The Morgan fingerprint density at radius 1 is 1.00 bits per heavy atom. The van der Waals surface area contributed by atoms with Crippen LogP contribution in [0.2, 0.25) is 0 Å². The molecule has 0 amide bonds. The van der Waals surface area contributed by atoms with E-state index >= 15 is 0 Å². The summed E-state index contributed by atoms with van der Waals surface area (Å²) in [6.07, 6.45) is 9.11. The van der Waals surface area contributed by atoms with Gasteiger partial charge >= 0.3 is 0 Å². The Kier molecular flexibility index (Phi) is 2.08. The summed E-state index contributed by atoms with van der Waals surface area (Å²) in [7, 11) is 0. The quantitative estimate of drug-likeness (QED) is 0.793. The molecule has 0 unspecified atom stereocenters. The molecule has 5 rings (SSSR count). The molecule has 5 fully saturated rings. The van der Waals surface area contributed by atoms with Crippen molar-refractivity contribution in [1.82, 2.24) is 4.90 Å². The summed E-state index contributed by atoms with van der Waals surface area (Å²) in [5.74, 6) is 3.18. The standard InChI is InChI=1S/C15H25NO/c1-14(17)8-16(9-14)10-15-5-11-2-12(6-15)4-13(3-11)7-15/h11-13,17H,2-10H2,1H3. The van der Waals surface area contributed by atoms with E-state index in [0.717, 1.165) is 30.8 Å². The average Bonchev–Trinajstić information content (AvgIpc) is 2.10. The number of nitrogens with zero attached hydrogens (tertiary/aromatic N) is 1. The Morgan fingerprint density at radius 3 is 1.88 bits per heavy atom. The molecule has 96 valence electrons. The maximum Gasteiger partial charge on any atom is 0.0872 e. The first-order valence-corrected chi connectivity index (χ1v) is 7.47. The minimum atomic E-state index is -0.387. The van der Waals surface area contributed by atoms with Crippen LogP contribution in [0.4, 0.5) is 0 Å². The molecule has 0 atom stereocenters. The van der Waals surface area contributed by atoms with E-state index in [-0.39, 0.29) is 5.60 Å². The van der Waals surface area contributed by atoms with Crippen molar-refractivity contribution in [3.05, 3.63) is 0 Å². The number of aliphatic hydroxyl groups is 1. The third kappa shape index (κ3) is 1.76. The molecule has 5 aliphatic rings. The third-order valence-electron chi connectivity index (χ3n) is 5.85. The zero-order valence-corrected chi connectivity index (χ0v) is 11.0. The van der Waals surface area contributed by atoms with Gasteiger partial charge in [-0.05, 0) is 68.6 Å². The van der Waals surface area contributed by atoms with Crippen molar-refractivity contribution >= 4 is 0 Å². The number of likely N-dealkylation sites (tertiary alicyclic amines) is 1. The fourth-order valence-corrected chi connectivity index (χ4v) is 5.99. The van der Waals surface area contributed by atoms with Gasteiger partial charge in [0.1, 0.15) is 0 Å². The lowest BCUT2D eigenvalue weighted by Gasteiger charge is -2.59. The van der Waals surface area contributed by atoms with Gasteiger partial charge in [0.2, 0.25) is 0 Å². The van der Waals surface area contributed by atoms with Crippen molar-refractivity contribution < 1.29 is 5.11 Å². The fraction of sp³-hybridized carbons (Fsp3) is 1.00. The summed E-state index contributed by atoms with van der Waals surface area (Å²) in [5.41, 5.74) is 0.271. The second-order valence-corrected chi connectivity index (χ2v) is 8.06. The summed E-state index contributed by atoms with van der Waals surface area (Å²) in [6.45, 7) is 5.08. The van der Waals surface area contributed by atoms with E-state index in [9.17, 15) is 5.11 Å². The highest BCUT2D eigenvalue weighted by Crippen LogP contribution is 2.60. The van der Waals surface area contributed by atoms with Gasteiger partial charge in [0.25, 0.3) is 0 Å². The van der Waals surface area contributed by atoms with Gasteiger partial charge in [0.15, 0.2) is 0 Å². The highest BCUT2D eigenvalue weighted by molar-refractivity contribution is 5.04. The lowest BCUT2D eigenvalue weighted by Crippen LogP contribution is -2.63. The van der Waals surface area contributed by atoms with Crippen LogP contribution in [0.5, 0.6) is 0 Å². The van der Waals surface area contributed by atoms with Gasteiger partial charge in [-0.25, -0.2) is 0 Å². The first kappa shape index (κ1) is 10.8. The topological polar surface area (TPSA) is 23.5 Å². The normalized spacial score (nSPS) is 51.5. The molecule has 1 aliphatic heterocycles. The van der Waals surface area contributed by atoms with E-state index in [1.54, 1.807) is 0 Å². The molecule has 2 heteroatoms. The number of hydrogen-bond acceptors (Lipinski definition) is 2. The first-order valence-electron chi connectivity index (χ1n) is 7.47. The molecule has 4 saturated carbocycles. The molecule has 1 saturated heterocycles. The molecular weight excluding hydrogens is 210 g/mol. The molecule has 1 heterocycles. The molecule has 1 N–H and O–H groups in total. The van der Waals surface area contributed by atoms with E-state index in [1.807, 2.05) is 6.92 Å². The van der Waals surface area contributed by atoms with E-state index < -0.39 is 0 Å². The predicted octanol–water partition coefficient (Wildman–Crippen LogP) is 2.27. The molecule has 4 aliphatic carbocycles. The second-order valence-electron chi connectivity index (χ2n) is 8.06. The molecule has 4 bridgehead atoms. The molecule has 0 aromatic rings. The highest BCUT2D eigenvalue weighted by atomic mass is 16.3. The van der Waals surface area contributed by atoms with E-state index in [4.69, 9.17) is 0 Å². The smallest absolute Gasteiger partial charge is 0.0872 e. The van der Waals surface area contributed by atoms with Gasteiger partial charge in [-0.2, -0.15) is 0 Å². The number of hydrogen-bond donors (Lipinski definition) is 1. The van der Waals surface area contributed by atoms with Gasteiger partial charge < -0.3 is 5.11 Å². The van der Waals surface area contributed by atoms with Crippen LogP contribution in [0.15, 0.2) is 0 Å². The lowest BCUT2D eigenvalue weighted by atomic mass is 9.49. The summed E-state index contributed by atoms with van der Waals surface area (Å²) in [4.78, 5) is 2.51. The van der Waals surface area contributed by atoms with Crippen LogP contribution in [0.1, 0.15) is 45.4 Å². The summed E-state index contributed by atoms with van der Waals surface area (Å²) >= 11 is 0. The van der Waals surface area contributed by atoms with Crippen molar-refractivity contribution in [1.29, 1.82) is 0 Å². The van der Waals surface area contributed by atoms with Crippen molar-refractivity contribution in [3.8, 4) is 0 Å². The minimum Gasteiger partial charge on any atom is -0.388 e. The van der Waals surface area contributed by atoms with Crippen LogP contribution < -0.4 is 0 Å². The SMILES string of the molecule is CC1(O)CN(CC23CC4CC(CC(C4)C2)C3)C1. The largest absolute Gasteiger partial charge is 0.388 e. The Hall–Kier alpha value is -0.0800. The van der Waals surface area contributed by atoms with Gasteiger partial charge in [0.05, 0.1) is 5.60 Å². The zero-order valence-electron chi connectivity index (χ0n) is 11.0. The van der Waals surface area contributed by atoms with Crippen LogP contribution in [0.3, 0.4) is 0 Å². The van der Waals surface area contributed by atoms with E-state index in [0.29, 0.717) is 5.41 Å². The van der Waals surface area contributed by atoms with E-state index in [2.05, 4.69) is 4.90 Å². The highest BCUT2D eigenvalue weighted by Gasteiger charge is 2.52. The Labute approximate surface area is 104 Å². The molecule has 17 heavy (non-hydrogen) atoms. The van der Waals surface area contributed by atoms with Gasteiger partial charge in [0, 0.05) is 19.6 Å². The van der Waals surface area contributed by atoms with Gasteiger partial charge in [-0.15, -0.1) is 0 Å². The fourth-order valence-electron chi connectivity index (χ4n) is 5.99. The van der Waals surface area contributed by atoms with Crippen LogP contribution in [-0.2, 0) is 0 Å². The first-order chi connectivity index (χ1) is 8.02. The van der Waals surface area contributed by atoms with Crippen molar-refractivity contribution in [2.45, 2.75) is 51.0 Å². The zero-order chi connectivity index (χ0) is 11.7. The number of β-amino-alcohol motifs (C(OH)–C–C–N with tert-alkyl or cyclic N) is 1. The predicted molar refractivity (Wildman–Crippen MR) is 67.7 cm³/mol. The Balaban J connectivity index is 1.47. The van der Waals surface area contributed by atoms with Gasteiger partial charge in [-0.1, -0.05) is 0 Å². The maximum absolute atomic E-state index is 9.85. The molecular formula is C15H25NO. The van der Waals surface area contributed by atoms with E-state index in [1.165, 1.54) is 45.1 Å². The monoisotopic (exact) mass is 235 g/mol. The molecule has 0 radical (unpaired) electrons. The Bertz CT molecular complexity index is 293. The number of rotatable bonds is 2. The molecule has 2 nitrogen and oxygen atoms in total. The summed E-state index contributed by atoms with van der Waals surface area (Å²) in [5, 5.41) is 9.85. The van der Waals surface area contributed by atoms with Crippen molar-refractivity contribution in [2.24, 2.45) is 23.2 Å². The van der Waals surface area contributed by atoms with Crippen LogP contribution in [0.25, 0.3) is 0 Å². The molecule has 0 aromatic carbocycles. The minimum absolute atomic E-state index is 0.387. The Morgan fingerprint density at radius 2 is 1.47 bits per heavy atom. The lowest BCUT2D eigenvalue weighted by molar-refractivity contribution is -0.129. The summed E-state index contributed by atoms with van der Waals surface area (Å²) < 4.78 is 0. The molecule has 0 spiro atoms. The second kappa shape index (κ2) is 3.27. The van der Waals surface area contributed by atoms with Crippen LogP contribution in [-0.4, -0.2) is 35.2 Å². The summed E-state index contributed by atoms with van der Waals surface area (Å²) in [6, 6.07) is 0. The van der Waals surface area contributed by atoms with Crippen molar-refractivity contribution in [2.75, 3.05) is 19.6 Å². The van der Waals surface area contributed by atoms with Crippen LogP contribution >= 0.6 is 0 Å².